The predicted octanol–water partition coefficient (Wildman–Crippen LogP) is 5.72. The van der Waals surface area contributed by atoms with Crippen LogP contribution in [-0.2, 0) is 6.54 Å². The zero-order valence-corrected chi connectivity index (χ0v) is 16.6. The van der Waals surface area contributed by atoms with Crippen molar-refractivity contribution in [3.63, 3.8) is 0 Å². The third-order valence-corrected chi connectivity index (χ3v) is 5.24. The van der Waals surface area contributed by atoms with Gasteiger partial charge >= 0.3 is 5.97 Å². The summed E-state index contributed by atoms with van der Waals surface area (Å²) in [7, 11) is 0. The van der Waals surface area contributed by atoms with Gasteiger partial charge in [0.25, 0.3) is 5.56 Å². The number of halogens is 2. The summed E-state index contributed by atoms with van der Waals surface area (Å²) in [5.41, 5.74) is 1.43. The van der Waals surface area contributed by atoms with Crippen molar-refractivity contribution in [2.45, 2.75) is 6.54 Å². The number of carboxylic acids is 1. The van der Waals surface area contributed by atoms with Crippen LogP contribution >= 0.6 is 23.2 Å². The van der Waals surface area contributed by atoms with Crippen molar-refractivity contribution in [2.75, 3.05) is 0 Å². The Bertz CT molecular complexity index is 1280. The van der Waals surface area contributed by atoms with E-state index in [2.05, 4.69) is 0 Å². The van der Waals surface area contributed by atoms with Gasteiger partial charge in [0.15, 0.2) is 0 Å². The van der Waals surface area contributed by atoms with E-state index in [9.17, 15) is 14.7 Å². The van der Waals surface area contributed by atoms with Gasteiger partial charge in [0.05, 0.1) is 6.54 Å². The number of pyridine rings is 1. The first-order valence-electron chi connectivity index (χ1n) is 8.85. The van der Waals surface area contributed by atoms with E-state index in [0.717, 1.165) is 5.56 Å². The van der Waals surface area contributed by atoms with Crippen LogP contribution < -0.4 is 5.56 Å². The number of benzene rings is 3. The number of aromatic nitrogens is 1. The standard InChI is InChI=1S/C23H15Cl2NO3/c24-16-8-6-15(7-9-16)20-19-12-17(25)10-11-18(19)22(27)26(21(20)23(28)29)13-14-4-2-1-3-5-14/h1-12H,13H2,(H,28,29). The van der Waals surface area contributed by atoms with Crippen LogP contribution in [0.15, 0.2) is 77.6 Å². The van der Waals surface area contributed by atoms with E-state index in [1.807, 2.05) is 30.3 Å². The molecule has 0 atom stereocenters. The minimum atomic E-state index is -1.19. The molecule has 0 fully saturated rings. The Labute approximate surface area is 176 Å². The first-order chi connectivity index (χ1) is 14.0. The highest BCUT2D eigenvalue weighted by Gasteiger charge is 2.23. The zero-order chi connectivity index (χ0) is 20.5. The summed E-state index contributed by atoms with van der Waals surface area (Å²) < 4.78 is 1.30. The van der Waals surface area contributed by atoms with E-state index in [-0.39, 0.29) is 17.8 Å². The van der Waals surface area contributed by atoms with E-state index in [4.69, 9.17) is 23.2 Å². The largest absolute Gasteiger partial charge is 0.477 e. The Morgan fingerprint density at radius 1 is 0.862 bits per heavy atom. The van der Waals surface area contributed by atoms with Crippen LogP contribution in [0.2, 0.25) is 10.0 Å². The molecule has 0 bridgehead atoms. The second-order valence-corrected chi connectivity index (χ2v) is 7.48. The Kier molecular flexibility index (Phi) is 5.14. The van der Waals surface area contributed by atoms with E-state index in [1.54, 1.807) is 42.5 Å². The molecule has 1 aromatic heterocycles. The summed E-state index contributed by atoms with van der Waals surface area (Å²) in [4.78, 5) is 25.6. The first kappa shape index (κ1) is 19.2. The molecule has 1 heterocycles. The smallest absolute Gasteiger partial charge is 0.353 e. The fraction of sp³-hybridized carbons (Fsp3) is 0.0435. The molecule has 1 N–H and O–H groups in total. The maximum absolute atomic E-state index is 13.2. The summed E-state index contributed by atoms with van der Waals surface area (Å²) in [6, 6.07) is 21.0. The van der Waals surface area contributed by atoms with Crippen molar-refractivity contribution in [2.24, 2.45) is 0 Å². The first-order valence-corrected chi connectivity index (χ1v) is 9.60. The van der Waals surface area contributed by atoms with Gasteiger partial charge in [-0.3, -0.25) is 9.36 Å². The van der Waals surface area contributed by atoms with Crippen molar-refractivity contribution in [1.29, 1.82) is 0 Å². The summed E-state index contributed by atoms with van der Waals surface area (Å²) in [5, 5.41) is 11.9. The molecule has 144 valence electrons. The quantitative estimate of drug-likeness (QED) is 0.456. The summed E-state index contributed by atoms with van der Waals surface area (Å²) in [5.74, 6) is -1.19. The Morgan fingerprint density at radius 2 is 1.52 bits per heavy atom. The normalized spacial score (nSPS) is 11.0. The van der Waals surface area contributed by atoms with Gasteiger partial charge in [0.2, 0.25) is 0 Å². The third kappa shape index (κ3) is 3.65. The molecule has 29 heavy (non-hydrogen) atoms. The van der Waals surface area contributed by atoms with Gasteiger partial charge in [-0.2, -0.15) is 0 Å². The molecule has 0 aliphatic carbocycles. The molecule has 0 spiro atoms. The van der Waals surface area contributed by atoms with Gasteiger partial charge in [-0.1, -0.05) is 65.7 Å². The van der Waals surface area contributed by atoms with Crippen LogP contribution in [0.1, 0.15) is 16.1 Å². The van der Waals surface area contributed by atoms with Crippen LogP contribution in [0, 0.1) is 0 Å². The highest BCUT2D eigenvalue weighted by Crippen LogP contribution is 2.33. The molecule has 6 heteroatoms. The van der Waals surface area contributed by atoms with E-state index < -0.39 is 5.97 Å². The number of nitrogens with zero attached hydrogens (tertiary/aromatic N) is 1. The van der Waals surface area contributed by atoms with Gasteiger partial charge in [0.1, 0.15) is 5.69 Å². The lowest BCUT2D eigenvalue weighted by Crippen LogP contribution is -2.28. The Morgan fingerprint density at radius 3 is 2.17 bits per heavy atom. The van der Waals surface area contributed by atoms with Gasteiger partial charge < -0.3 is 5.11 Å². The molecule has 0 saturated carbocycles. The number of rotatable bonds is 4. The van der Waals surface area contributed by atoms with Crippen LogP contribution in [0.4, 0.5) is 0 Å². The third-order valence-electron chi connectivity index (χ3n) is 4.75. The van der Waals surface area contributed by atoms with Crippen molar-refractivity contribution >= 4 is 39.9 Å². The molecule has 0 radical (unpaired) electrons. The lowest BCUT2D eigenvalue weighted by molar-refractivity contribution is 0.0685. The lowest BCUT2D eigenvalue weighted by Gasteiger charge is -2.18. The van der Waals surface area contributed by atoms with Crippen LogP contribution in [-0.4, -0.2) is 15.6 Å². The maximum atomic E-state index is 13.2. The Balaban J connectivity index is 2.12. The van der Waals surface area contributed by atoms with E-state index >= 15 is 0 Å². The van der Waals surface area contributed by atoms with Gasteiger partial charge in [0, 0.05) is 21.0 Å². The zero-order valence-electron chi connectivity index (χ0n) is 15.1. The number of carbonyl (C=O) groups is 1. The number of hydrogen-bond donors (Lipinski definition) is 1. The molecule has 4 rings (SSSR count). The molecule has 4 aromatic rings. The van der Waals surface area contributed by atoms with E-state index in [1.165, 1.54) is 4.57 Å². The van der Waals surface area contributed by atoms with Crippen LogP contribution in [0.25, 0.3) is 21.9 Å². The minimum Gasteiger partial charge on any atom is -0.477 e. The van der Waals surface area contributed by atoms with Crippen molar-refractivity contribution < 1.29 is 9.90 Å². The summed E-state index contributed by atoms with van der Waals surface area (Å²) in [6.45, 7) is 0.139. The molecular weight excluding hydrogens is 409 g/mol. The summed E-state index contributed by atoms with van der Waals surface area (Å²) in [6.07, 6.45) is 0. The molecule has 4 nitrogen and oxygen atoms in total. The average molecular weight is 424 g/mol. The molecule has 0 amide bonds. The second kappa shape index (κ2) is 7.74. The van der Waals surface area contributed by atoms with Gasteiger partial charge in [-0.15, -0.1) is 0 Å². The van der Waals surface area contributed by atoms with Crippen LogP contribution in [0.5, 0.6) is 0 Å². The van der Waals surface area contributed by atoms with Crippen molar-refractivity contribution in [3.8, 4) is 11.1 Å². The highest BCUT2D eigenvalue weighted by atomic mass is 35.5. The minimum absolute atomic E-state index is 0.0871. The van der Waals surface area contributed by atoms with Gasteiger partial charge in [-0.05, 0) is 46.8 Å². The number of hydrogen-bond acceptors (Lipinski definition) is 2. The topological polar surface area (TPSA) is 59.3 Å². The SMILES string of the molecule is O=C(O)c1c(-c2ccc(Cl)cc2)c2cc(Cl)ccc2c(=O)n1Cc1ccccc1. The number of aromatic carboxylic acids is 1. The van der Waals surface area contributed by atoms with Gasteiger partial charge in [-0.25, -0.2) is 4.79 Å². The fourth-order valence-corrected chi connectivity index (χ4v) is 3.77. The molecule has 0 aliphatic heterocycles. The Hall–Kier alpha value is -3.08. The molecule has 0 saturated heterocycles. The maximum Gasteiger partial charge on any atom is 0.353 e. The molecular formula is C23H15Cl2NO3. The monoisotopic (exact) mass is 423 g/mol. The number of carboxylic acid groups (broad SMARTS) is 1. The molecule has 0 aliphatic rings. The fourth-order valence-electron chi connectivity index (χ4n) is 3.47. The summed E-state index contributed by atoms with van der Waals surface area (Å²) >= 11 is 12.2. The average Bonchev–Trinajstić information content (AvgIpc) is 2.71. The van der Waals surface area contributed by atoms with Crippen LogP contribution in [0.3, 0.4) is 0 Å². The second-order valence-electron chi connectivity index (χ2n) is 6.60. The van der Waals surface area contributed by atoms with Crippen molar-refractivity contribution in [3.05, 3.63) is 104 Å². The van der Waals surface area contributed by atoms with Crippen molar-refractivity contribution in [1.82, 2.24) is 4.57 Å². The molecule has 3 aromatic carbocycles. The lowest BCUT2D eigenvalue weighted by atomic mass is 9.96. The molecule has 0 unspecified atom stereocenters. The van der Waals surface area contributed by atoms with E-state index in [0.29, 0.717) is 31.9 Å². The highest BCUT2D eigenvalue weighted by molar-refractivity contribution is 6.31. The predicted molar refractivity (Wildman–Crippen MR) is 116 cm³/mol. The number of fused-ring (bicyclic) bond motifs is 1.